The van der Waals surface area contributed by atoms with Crippen LogP contribution in [0.3, 0.4) is 0 Å². The number of para-hydroxylation sites is 2. The van der Waals surface area contributed by atoms with Gasteiger partial charge in [0.1, 0.15) is 0 Å². The highest BCUT2D eigenvalue weighted by Crippen LogP contribution is 2.27. The maximum atomic E-state index is 12.3. The molecule has 0 radical (unpaired) electrons. The molecule has 2 atom stereocenters. The first kappa shape index (κ1) is 16.9. The van der Waals surface area contributed by atoms with Gasteiger partial charge in [-0.15, -0.1) is 0 Å². The van der Waals surface area contributed by atoms with Crippen LogP contribution in [0.4, 0.5) is 0 Å². The first-order valence-electron chi connectivity index (χ1n) is 7.68. The van der Waals surface area contributed by atoms with Crippen molar-refractivity contribution in [3.05, 3.63) is 59.7 Å². The number of hydrogen-bond donors (Lipinski definition) is 1. The van der Waals surface area contributed by atoms with E-state index in [-0.39, 0.29) is 11.9 Å². The third-order valence-electron chi connectivity index (χ3n) is 3.68. The van der Waals surface area contributed by atoms with Crippen molar-refractivity contribution in [2.24, 2.45) is 0 Å². The van der Waals surface area contributed by atoms with Crippen LogP contribution in [0.1, 0.15) is 31.0 Å². The lowest BCUT2D eigenvalue weighted by atomic mass is 10.1. The zero-order valence-corrected chi connectivity index (χ0v) is 14.0. The van der Waals surface area contributed by atoms with Crippen molar-refractivity contribution >= 4 is 5.91 Å². The lowest BCUT2D eigenvalue weighted by Gasteiger charge is -2.20. The Hall–Kier alpha value is -2.49. The van der Waals surface area contributed by atoms with Crippen LogP contribution in [0.5, 0.6) is 11.5 Å². The number of amides is 1. The van der Waals surface area contributed by atoms with Gasteiger partial charge < -0.3 is 14.8 Å². The SMILES string of the molecule is COc1ccccc1O[C@H](C)C(=O)N[C@@H](C)c1ccc(C)cc1. The van der Waals surface area contributed by atoms with Crippen molar-refractivity contribution in [3.63, 3.8) is 0 Å². The highest BCUT2D eigenvalue weighted by atomic mass is 16.5. The summed E-state index contributed by atoms with van der Waals surface area (Å²) in [6, 6.07) is 15.3. The van der Waals surface area contributed by atoms with E-state index in [9.17, 15) is 4.79 Å². The molecule has 0 saturated carbocycles. The Morgan fingerprint density at radius 3 is 2.22 bits per heavy atom. The standard InChI is InChI=1S/C19H23NO3/c1-13-9-11-16(12-10-13)14(2)20-19(21)15(3)23-18-8-6-5-7-17(18)22-4/h5-12,14-15H,1-4H3,(H,20,21)/t14-,15+/m0/s1. The molecule has 0 saturated heterocycles. The summed E-state index contributed by atoms with van der Waals surface area (Å²) in [5, 5.41) is 2.97. The second-order valence-electron chi connectivity index (χ2n) is 5.55. The molecule has 2 rings (SSSR count). The quantitative estimate of drug-likeness (QED) is 0.885. The molecular weight excluding hydrogens is 290 g/mol. The minimum Gasteiger partial charge on any atom is -0.493 e. The number of ether oxygens (including phenoxy) is 2. The second kappa shape index (κ2) is 7.68. The molecule has 23 heavy (non-hydrogen) atoms. The molecule has 2 aromatic rings. The predicted molar refractivity (Wildman–Crippen MR) is 90.8 cm³/mol. The largest absolute Gasteiger partial charge is 0.493 e. The zero-order valence-electron chi connectivity index (χ0n) is 14.0. The fourth-order valence-electron chi connectivity index (χ4n) is 2.23. The van der Waals surface area contributed by atoms with Crippen LogP contribution in [0.2, 0.25) is 0 Å². The molecule has 0 unspecified atom stereocenters. The van der Waals surface area contributed by atoms with Crippen LogP contribution in [-0.2, 0) is 4.79 Å². The molecule has 4 nitrogen and oxygen atoms in total. The van der Waals surface area contributed by atoms with E-state index in [0.29, 0.717) is 11.5 Å². The van der Waals surface area contributed by atoms with E-state index < -0.39 is 6.10 Å². The predicted octanol–water partition coefficient (Wildman–Crippen LogP) is 3.65. The van der Waals surface area contributed by atoms with Crippen molar-refractivity contribution in [3.8, 4) is 11.5 Å². The molecule has 4 heteroatoms. The fourth-order valence-corrected chi connectivity index (χ4v) is 2.23. The molecule has 0 spiro atoms. The highest BCUT2D eigenvalue weighted by molar-refractivity contribution is 5.81. The van der Waals surface area contributed by atoms with Crippen molar-refractivity contribution in [1.82, 2.24) is 5.32 Å². The maximum Gasteiger partial charge on any atom is 0.261 e. The van der Waals surface area contributed by atoms with Gasteiger partial charge >= 0.3 is 0 Å². The Bertz CT molecular complexity index is 652. The van der Waals surface area contributed by atoms with Gasteiger partial charge in [-0.2, -0.15) is 0 Å². The van der Waals surface area contributed by atoms with Crippen LogP contribution < -0.4 is 14.8 Å². The summed E-state index contributed by atoms with van der Waals surface area (Å²) in [5.74, 6) is 1.00. The fraction of sp³-hybridized carbons (Fsp3) is 0.316. The third kappa shape index (κ3) is 4.49. The lowest BCUT2D eigenvalue weighted by Crippen LogP contribution is -2.37. The molecular formula is C19H23NO3. The average molecular weight is 313 g/mol. The van der Waals surface area contributed by atoms with E-state index in [0.717, 1.165) is 5.56 Å². The molecule has 1 amide bonds. The van der Waals surface area contributed by atoms with Crippen LogP contribution >= 0.6 is 0 Å². The van der Waals surface area contributed by atoms with Crippen LogP contribution in [0.15, 0.2) is 48.5 Å². The molecule has 0 bridgehead atoms. The number of nitrogens with one attached hydrogen (secondary N) is 1. The van der Waals surface area contributed by atoms with E-state index >= 15 is 0 Å². The van der Waals surface area contributed by atoms with Gasteiger partial charge in [0.25, 0.3) is 5.91 Å². The minimum atomic E-state index is -0.612. The molecule has 2 aromatic carbocycles. The highest BCUT2D eigenvalue weighted by Gasteiger charge is 2.19. The van der Waals surface area contributed by atoms with E-state index in [1.54, 1.807) is 26.2 Å². The van der Waals surface area contributed by atoms with Crippen molar-refractivity contribution in [1.29, 1.82) is 0 Å². The molecule has 122 valence electrons. The number of carbonyl (C=O) groups excluding carboxylic acids is 1. The van der Waals surface area contributed by atoms with E-state index in [1.807, 2.05) is 50.2 Å². The summed E-state index contributed by atoms with van der Waals surface area (Å²) in [6.07, 6.45) is -0.612. The zero-order chi connectivity index (χ0) is 16.8. The van der Waals surface area contributed by atoms with Crippen molar-refractivity contribution < 1.29 is 14.3 Å². The Morgan fingerprint density at radius 2 is 1.61 bits per heavy atom. The number of hydrogen-bond acceptors (Lipinski definition) is 3. The van der Waals surface area contributed by atoms with Gasteiger partial charge in [-0.05, 0) is 38.5 Å². The van der Waals surface area contributed by atoms with E-state index in [1.165, 1.54) is 5.56 Å². The summed E-state index contributed by atoms with van der Waals surface area (Å²) in [5.41, 5.74) is 2.26. The normalized spacial score (nSPS) is 13.0. The maximum absolute atomic E-state index is 12.3. The number of carbonyl (C=O) groups is 1. The molecule has 0 aliphatic carbocycles. The summed E-state index contributed by atoms with van der Waals surface area (Å²) in [7, 11) is 1.58. The number of methoxy groups -OCH3 is 1. The van der Waals surface area contributed by atoms with Gasteiger partial charge in [0.2, 0.25) is 0 Å². The van der Waals surface area contributed by atoms with E-state index in [2.05, 4.69) is 5.32 Å². The average Bonchev–Trinajstić information content (AvgIpc) is 2.55. The monoisotopic (exact) mass is 313 g/mol. The summed E-state index contributed by atoms with van der Waals surface area (Å²) >= 11 is 0. The van der Waals surface area contributed by atoms with Gasteiger partial charge in [-0.25, -0.2) is 0 Å². The third-order valence-corrected chi connectivity index (χ3v) is 3.68. The van der Waals surface area contributed by atoms with Gasteiger partial charge in [0, 0.05) is 0 Å². The Balaban J connectivity index is 1.98. The second-order valence-corrected chi connectivity index (χ2v) is 5.55. The van der Waals surface area contributed by atoms with Gasteiger partial charge in [-0.1, -0.05) is 42.0 Å². The van der Waals surface area contributed by atoms with E-state index in [4.69, 9.17) is 9.47 Å². The van der Waals surface area contributed by atoms with Gasteiger partial charge in [0.05, 0.1) is 13.2 Å². The van der Waals surface area contributed by atoms with Gasteiger partial charge in [-0.3, -0.25) is 4.79 Å². The Kier molecular flexibility index (Phi) is 5.63. The molecule has 0 aromatic heterocycles. The lowest BCUT2D eigenvalue weighted by molar-refractivity contribution is -0.127. The number of aryl methyl sites for hydroxylation is 1. The topological polar surface area (TPSA) is 47.6 Å². The number of benzene rings is 2. The molecule has 0 fully saturated rings. The Morgan fingerprint density at radius 1 is 1.00 bits per heavy atom. The molecule has 0 aliphatic heterocycles. The summed E-state index contributed by atoms with van der Waals surface area (Å²) in [6.45, 7) is 5.72. The van der Waals surface area contributed by atoms with Crippen LogP contribution in [0.25, 0.3) is 0 Å². The first-order valence-corrected chi connectivity index (χ1v) is 7.68. The number of rotatable bonds is 6. The molecule has 0 heterocycles. The van der Waals surface area contributed by atoms with Crippen molar-refractivity contribution in [2.75, 3.05) is 7.11 Å². The van der Waals surface area contributed by atoms with Gasteiger partial charge in [0.15, 0.2) is 17.6 Å². The van der Waals surface area contributed by atoms with Crippen LogP contribution in [-0.4, -0.2) is 19.1 Å². The molecule has 0 aliphatic rings. The first-order chi connectivity index (χ1) is 11.0. The minimum absolute atomic E-state index is 0.0770. The van der Waals surface area contributed by atoms with Crippen LogP contribution in [0, 0.1) is 6.92 Å². The smallest absolute Gasteiger partial charge is 0.261 e. The summed E-state index contributed by atoms with van der Waals surface area (Å²) < 4.78 is 10.9. The molecule has 1 N–H and O–H groups in total. The summed E-state index contributed by atoms with van der Waals surface area (Å²) in [4.78, 5) is 12.3. The van der Waals surface area contributed by atoms with Crippen molar-refractivity contribution in [2.45, 2.75) is 32.9 Å². The Labute approximate surface area is 137 Å².